The molecule has 2 nitrogen and oxygen atoms in total. The van der Waals surface area contributed by atoms with Crippen LogP contribution in [-0.4, -0.2) is 38.1 Å². The zero-order valence-corrected chi connectivity index (χ0v) is 11.4. The van der Waals surface area contributed by atoms with Crippen LogP contribution in [0.4, 0.5) is 0 Å². The zero-order chi connectivity index (χ0) is 11.8. The Morgan fingerprint density at radius 3 is 2.40 bits per heavy atom. The zero-order valence-electron chi connectivity index (χ0n) is 10.7. The number of likely N-dealkylation sites (N-methyl/N-ethyl adjacent to an activating group) is 1. The summed E-state index contributed by atoms with van der Waals surface area (Å²) in [6.07, 6.45) is 1.20. The van der Waals surface area contributed by atoms with Gasteiger partial charge >= 0.3 is 0 Å². The summed E-state index contributed by atoms with van der Waals surface area (Å²) in [4.78, 5) is 2.22. The summed E-state index contributed by atoms with van der Waals surface area (Å²) >= 11 is 5.63. The van der Waals surface area contributed by atoms with Crippen LogP contribution < -0.4 is 5.32 Å². The van der Waals surface area contributed by atoms with Gasteiger partial charge in [0.2, 0.25) is 0 Å². The summed E-state index contributed by atoms with van der Waals surface area (Å²) in [5.41, 5.74) is 2.83. The second kappa shape index (κ2) is 8.14. The van der Waals surface area contributed by atoms with Crippen molar-refractivity contribution in [2.75, 3.05) is 27.2 Å². The van der Waals surface area contributed by atoms with Crippen LogP contribution in [0.5, 0.6) is 0 Å². The first-order valence-corrected chi connectivity index (χ1v) is 6.03. The summed E-state index contributed by atoms with van der Waals surface area (Å²) < 4.78 is 0. The van der Waals surface area contributed by atoms with Gasteiger partial charge in [0.15, 0.2) is 0 Å². The van der Waals surface area contributed by atoms with Crippen LogP contribution in [0.15, 0.2) is 11.1 Å². The minimum atomic E-state index is 0.548. The van der Waals surface area contributed by atoms with Crippen molar-refractivity contribution in [2.24, 2.45) is 5.92 Å². The van der Waals surface area contributed by atoms with Crippen molar-refractivity contribution in [2.45, 2.75) is 33.2 Å². The van der Waals surface area contributed by atoms with Gasteiger partial charge < -0.3 is 10.2 Å². The number of nitrogens with one attached hydrogen (secondary N) is 1. The van der Waals surface area contributed by atoms with E-state index in [-0.39, 0.29) is 0 Å². The normalized spacial score (nSPS) is 15.1. The fraction of sp³-hybridized carbons (Fsp3) is 0.833. The summed E-state index contributed by atoms with van der Waals surface area (Å²) in [5.74, 6) is 0.725. The molecule has 0 saturated carbocycles. The molecule has 1 unspecified atom stereocenters. The largest absolute Gasteiger partial charge is 0.309 e. The number of nitrogens with zero attached hydrogens (tertiary/aromatic N) is 1. The first-order valence-electron chi connectivity index (χ1n) is 5.59. The number of hydrogen-bond donors (Lipinski definition) is 1. The van der Waals surface area contributed by atoms with Crippen LogP contribution in [0.2, 0.25) is 0 Å². The maximum absolute atomic E-state index is 5.63. The molecule has 0 rings (SSSR count). The van der Waals surface area contributed by atoms with Crippen molar-refractivity contribution in [3.63, 3.8) is 0 Å². The fourth-order valence-corrected chi connectivity index (χ4v) is 1.65. The van der Waals surface area contributed by atoms with E-state index in [0.717, 1.165) is 19.0 Å². The summed E-state index contributed by atoms with van der Waals surface area (Å²) in [7, 11) is 4.22. The third kappa shape index (κ3) is 8.91. The van der Waals surface area contributed by atoms with Gasteiger partial charge in [0, 0.05) is 24.7 Å². The molecule has 0 aliphatic carbocycles. The quantitative estimate of drug-likeness (QED) is 0.726. The molecule has 0 bridgehead atoms. The molecule has 90 valence electrons. The second-order valence-corrected chi connectivity index (χ2v) is 5.14. The summed E-state index contributed by atoms with van der Waals surface area (Å²) in [6.45, 7) is 8.52. The van der Waals surface area contributed by atoms with Gasteiger partial charge in [-0.1, -0.05) is 25.4 Å². The molecule has 1 atom stereocenters. The van der Waals surface area contributed by atoms with Gasteiger partial charge in [-0.2, -0.15) is 0 Å². The molecule has 1 N–H and O–H groups in total. The topological polar surface area (TPSA) is 15.3 Å². The molecule has 0 radical (unpaired) electrons. The first-order chi connectivity index (χ1) is 6.95. The van der Waals surface area contributed by atoms with E-state index in [1.165, 1.54) is 12.0 Å². The number of hydrogen-bond acceptors (Lipinski definition) is 2. The van der Waals surface area contributed by atoms with Crippen LogP contribution in [0.1, 0.15) is 27.2 Å². The van der Waals surface area contributed by atoms with E-state index in [9.17, 15) is 0 Å². The van der Waals surface area contributed by atoms with Crippen molar-refractivity contribution < 1.29 is 0 Å². The Labute approximate surface area is 99.7 Å². The Hall–Kier alpha value is -0.0500. The molecule has 0 amide bonds. The third-order valence-corrected chi connectivity index (χ3v) is 2.57. The van der Waals surface area contributed by atoms with Crippen LogP contribution in [0, 0.1) is 5.92 Å². The minimum Gasteiger partial charge on any atom is -0.309 e. The molecular weight excluding hydrogens is 208 g/mol. The maximum atomic E-state index is 5.63. The van der Waals surface area contributed by atoms with E-state index in [1.54, 1.807) is 5.54 Å². The highest BCUT2D eigenvalue weighted by molar-refractivity contribution is 6.25. The average Bonchev–Trinajstić information content (AvgIpc) is 2.11. The number of rotatable bonds is 7. The molecule has 0 heterocycles. The predicted molar refractivity (Wildman–Crippen MR) is 69.4 cm³/mol. The molecule has 0 spiro atoms. The molecule has 0 fully saturated rings. The summed E-state index contributed by atoms with van der Waals surface area (Å²) in [6, 6.07) is 0.548. The average molecular weight is 233 g/mol. The van der Waals surface area contributed by atoms with Crippen molar-refractivity contribution in [1.82, 2.24) is 10.2 Å². The van der Waals surface area contributed by atoms with Crippen LogP contribution in [0.3, 0.4) is 0 Å². The Morgan fingerprint density at radius 2 is 2.00 bits per heavy atom. The molecule has 0 saturated heterocycles. The van der Waals surface area contributed by atoms with Crippen molar-refractivity contribution >= 4 is 11.6 Å². The Bertz CT molecular complexity index is 178. The smallest absolute Gasteiger partial charge is 0.0200 e. The molecule has 0 aromatic rings. The lowest BCUT2D eigenvalue weighted by Crippen LogP contribution is -2.39. The van der Waals surface area contributed by atoms with Gasteiger partial charge in [-0.15, -0.1) is 0 Å². The maximum Gasteiger partial charge on any atom is 0.0200 e. The van der Waals surface area contributed by atoms with E-state index >= 15 is 0 Å². The van der Waals surface area contributed by atoms with Gasteiger partial charge in [0.1, 0.15) is 0 Å². The predicted octanol–water partition coefficient (Wildman–Crippen LogP) is 2.69. The lowest BCUT2D eigenvalue weighted by Gasteiger charge is -2.24. The van der Waals surface area contributed by atoms with Crippen molar-refractivity contribution in [1.29, 1.82) is 0 Å². The highest BCUT2D eigenvalue weighted by Crippen LogP contribution is 2.06. The Morgan fingerprint density at radius 1 is 1.40 bits per heavy atom. The monoisotopic (exact) mass is 232 g/mol. The highest BCUT2D eigenvalue weighted by atomic mass is 35.5. The molecular formula is C12H25ClN2. The second-order valence-electron chi connectivity index (χ2n) is 4.93. The highest BCUT2D eigenvalue weighted by Gasteiger charge is 2.11. The molecule has 0 aromatic heterocycles. The van der Waals surface area contributed by atoms with Crippen LogP contribution in [0.25, 0.3) is 0 Å². The SMILES string of the molecule is CC(=CCl)CNC(CC(C)C)CN(C)C. The van der Waals surface area contributed by atoms with E-state index in [4.69, 9.17) is 11.6 Å². The van der Waals surface area contributed by atoms with E-state index in [1.807, 2.05) is 6.92 Å². The van der Waals surface area contributed by atoms with Crippen molar-refractivity contribution in [3.05, 3.63) is 11.1 Å². The van der Waals surface area contributed by atoms with Gasteiger partial charge in [-0.05, 0) is 38.9 Å². The lowest BCUT2D eigenvalue weighted by molar-refractivity contribution is 0.311. The summed E-state index contributed by atoms with van der Waals surface area (Å²) in [5, 5.41) is 3.54. The minimum absolute atomic E-state index is 0.548. The Balaban J connectivity index is 4.00. The van der Waals surface area contributed by atoms with Crippen LogP contribution in [-0.2, 0) is 0 Å². The molecule has 0 aromatic carbocycles. The third-order valence-electron chi connectivity index (χ3n) is 2.20. The van der Waals surface area contributed by atoms with Gasteiger partial charge in [-0.25, -0.2) is 0 Å². The van der Waals surface area contributed by atoms with Crippen molar-refractivity contribution in [3.8, 4) is 0 Å². The standard InChI is InChI=1S/C12H25ClN2/c1-10(2)6-12(9-15(4)5)14-8-11(3)7-13/h7,10,12,14H,6,8-9H2,1-5H3. The van der Waals surface area contributed by atoms with Crippen LogP contribution >= 0.6 is 11.6 Å². The molecule has 0 aliphatic heterocycles. The molecule has 0 aliphatic rings. The first kappa shape index (κ1) is 14.9. The molecule has 3 heteroatoms. The lowest BCUT2D eigenvalue weighted by atomic mass is 10.0. The van der Waals surface area contributed by atoms with Gasteiger partial charge in [0.05, 0.1) is 0 Å². The molecule has 15 heavy (non-hydrogen) atoms. The van der Waals surface area contributed by atoms with Gasteiger partial charge in [-0.3, -0.25) is 0 Å². The van der Waals surface area contributed by atoms with E-state index in [2.05, 4.69) is 38.2 Å². The van der Waals surface area contributed by atoms with E-state index < -0.39 is 0 Å². The number of halogens is 1. The van der Waals surface area contributed by atoms with E-state index in [0.29, 0.717) is 6.04 Å². The van der Waals surface area contributed by atoms with Gasteiger partial charge in [0.25, 0.3) is 0 Å². The Kier molecular flexibility index (Phi) is 8.12. The fourth-order valence-electron chi connectivity index (χ4n) is 1.58.